The summed E-state index contributed by atoms with van der Waals surface area (Å²) < 4.78 is 21.9. The lowest BCUT2D eigenvalue weighted by Crippen LogP contribution is -2.37. The average Bonchev–Trinajstić information content (AvgIpc) is 2.24. The predicted octanol–water partition coefficient (Wildman–Crippen LogP) is 1.19. The number of rotatable bonds is 5. The van der Waals surface area contributed by atoms with Gasteiger partial charge in [-0.25, -0.2) is 8.42 Å². The first-order chi connectivity index (χ1) is 7.92. The molecule has 1 aliphatic carbocycles. The first-order valence-corrected chi connectivity index (χ1v) is 8.52. The number of amides is 1. The molecule has 0 aromatic heterocycles. The number of sulfone groups is 1. The molecule has 0 aliphatic heterocycles. The van der Waals surface area contributed by atoms with Crippen LogP contribution in [0.3, 0.4) is 0 Å². The lowest BCUT2D eigenvalue weighted by molar-refractivity contribution is -0.118. The molecule has 0 spiro atoms. The van der Waals surface area contributed by atoms with E-state index in [4.69, 9.17) is 11.6 Å². The van der Waals surface area contributed by atoms with E-state index in [0.29, 0.717) is 24.3 Å². The fraction of sp³-hybridized carbons (Fsp3) is 0.909. The molecule has 2 unspecified atom stereocenters. The quantitative estimate of drug-likeness (QED) is 0.770. The van der Waals surface area contributed by atoms with Gasteiger partial charge in [0.2, 0.25) is 5.91 Å². The molecule has 0 saturated heterocycles. The van der Waals surface area contributed by atoms with E-state index in [1.807, 2.05) is 0 Å². The second-order valence-corrected chi connectivity index (χ2v) is 7.28. The second kappa shape index (κ2) is 6.59. The van der Waals surface area contributed by atoms with E-state index >= 15 is 0 Å². The first kappa shape index (κ1) is 14.8. The number of hydrogen-bond donors (Lipinski definition) is 1. The Balaban J connectivity index is 2.36. The SMILES string of the molecule is CS(=O)(=O)CC(=O)NCC1CCCCC1CCl. The maximum atomic E-state index is 11.4. The highest BCUT2D eigenvalue weighted by Crippen LogP contribution is 2.30. The van der Waals surface area contributed by atoms with Gasteiger partial charge in [-0.3, -0.25) is 4.79 Å². The number of hydrogen-bond acceptors (Lipinski definition) is 3. The van der Waals surface area contributed by atoms with Crippen LogP contribution in [0.5, 0.6) is 0 Å². The normalized spacial score (nSPS) is 25.5. The van der Waals surface area contributed by atoms with E-state index in [1.54, 1.807) is 0 Å². The molecule has 0 aromatic rings. The molecule has 1 fully saturated rings. The second-order valence-electron chi connectivity index (χ2n) is 4.83. The van der Waals surface area contributed by atoms with Gasteiger partial charge in [-0.05, 0) is 24.7 Å². The first-order valence-electron chi connectivity index (χ1n) is 5.93. The summed E-state index contributed by atoms with van der Waals surface area (Å²) in [5, 5.41) is 2.70. The van der Waals surface area contributed by atoms with E-state index < -0.39 is 21.5 Å². The van der Waals surface area contributed by atoms with Gasteiger partial charge in [0.1, 0.15) is 5.75 Å². The molecule has 0 aromatic carbocycles. The van der Waals surface area contributed by atoms with Crippen molar-refractivity contribution in [2.45, 2.75) is 25.7 Å². The van der Waals surface area contributed by atoms with Crippen LogP contribution in [0.4, 0.5) is 0 Å². The Morgan fingerprint density at radius 1 is 1.29 bits per heavy atom. The van der Waals surface area contributed by atoms with Crippen molar-refractivity contribution >= 4 is 27.3 Å². The highest BCUT2D eigenvalue weighted by Gasteiger charge is 2.24. The fourth-order valence-electron chi connectivity index (χ4n) is 2.29. The van der Waals surface area contributed by atoms with Crippen LogP contribution in [0.25, 0.3) is 0 Å². The van der Waals surface area contributed by atoms with E-state index in [0.717, 1.165) is 19.1 Å². The van der Waals surface area contributed by atoms with Crippen molar-refractivity contribution in [1.29, 1.82) is 0 Å². The molecule has 0 bridgehead atoms. The lowest BCUT2D eigenvalue weighted by atomic mass is 9.80. The third-order valence-corrected chi connectivity index (χ3v) is 4.40. The van der Waals surface area contributed by atoms with Gasteiger partial charge in [0.25, 0.3) is 0 Å². The molecule has 0 radical (unpaired) electrons. The van der Waals surface area contributed by atoms with Gasteiger partial charge < -0.3 is 5.32 Å². The van der Waals surface area contributed by atoms with Crippen molar-refractivity contribution in [2.24, 2.45) is 11.8 Å². The minimum Gasteiger partial charge on any atom is -0.355 e. The van der Waals surface area contributed by atoms with E-state index in [2.05, 4.69) is 5.32 Å². The molecule has 100 valence electrons. The largest absolute Gasteiger partial charge is 0.355 e. The zero-order valence-electron chi connectivity index (χ0n) is 10.1. The Morgan fingerprint density at radius 3 is 2.41 bits per heavy atom. The molecular weight excluding hydrogens is 262 g/mol. The number of nitrogens with one attached hydrogen (secondary N) is 1. The van der Waals surface area contributed by atoms with Crippen LogP contribution in [0.15, 0.2) is 0 Å². The number of halogens is 1. The van der Waals surface area contributed by atoms with Gasteiger partial charge in [-0.1, -0.05) is 12.8 Å². The molecule has 1 N–H and O–H groups in total. The van der Waals surface area contributed by atoms with Crippen molar-refractivity contribution < 1.29 is 13.2 Å². The number of carbonyl (C=O) groups excluding carboxylic acids is 1. The van der Waals surface area contributed by atoms with Gasteiger partial charge in [-0.15, -0.1) is 11.6 Å². The molecule has 1 saturated carbocycles. The standard InChI is InChI=1S/C11H20ClNO3S/c1-17(15,16)8-11(14)13-7-10-5-3-2-4-9(10)6-12/h9-10H,2-8H2,1H3,(H,13,14). The minimum absolute atomic E-state index is 0.393. The van der Waals surface area contributed by atoms with Gasteiger partial charge >= 0.3 is 0 Å². The molecular formula is C11H20ClNO3S. The Labute approximate surface area is 108 Å². The zero-order chi connectivity index (χ0) is 12.9. The van der Waals surface area contributed by atoms with Crippen LogP contribution in [0.2, 0.25) is 0 Å². The third kappa shape index (κ3) is 5.73. The highest BCUT2D eigenvalue weighted by molar-refractivity contribution is 7.91. The monoisotopic (exact) mass is 281 g/mol. The third-order valence-electron chi connectivity index (χ3n) is 3.22. The summed E-state index contributed by atoms with van der Waals surface area (Å²) in [7, 11) is -3.23. The molecule has 6 heteroatoms. The van der Waals surface area contributed by atoms with Gasteiger partial charge in [-0.2, -0.15) is 0 Å². The van der Waals surface area contributed by atoms with E-state index in [9.17, 15) is 13.2 Å². The van der Waals surface area contributed by atoms with Gasteiger partial charge in [0.05, 0.1) is 0 Å². The fourth-order valence-corrected chi connectivity index (χ4v) is 3.28. The molecule has 1 amide bonds. The number of carbonyl (C=O) groups is 1. The average molecular weight is 282 g/mol. The van der Waals surface area contributed by atoms with Crippen molar-refractivity contribution in [1.82, 2.24) is 5.32 Å². The molecule has 17 heavy (non-hydrogen) atoms. The number of alkyl halides is 1. The summed E-state index contributed by atoms with van der Waals surface area (Å²) in [6.07, 6.45) is 5.60. The molecule has 1 rings (SSSR count). The summed E-state index contributed by atoms with van der Waals surface area (Å²) in [4.78, 5) is 11.4. The highest BCUT2D eigenvalue weighted by atomic mass is 35.5. The maximum Gasteiger partial charge on any atom is 0.235 e. The Hall–Kier alpha value is -0.290. The summed E-state index contributed by atoms with van der Waals surface area (Å²) in [6.45, 7) is 0.547. The van der Waals surface area contributed by atoms with Gasteiger partial charge in [0.15, 0.2) is 9.84 Å². The van der Waals surface area contributed by atoms with Crippen LogP contribution < -0.4 is 5.32 Å². The van der Waals surface area contributed by atoms with Crippen molar-refractivity contribution in [3.8, 4) is 0 Å². The van der Waals surface area contributed by atoms with Crippen molar-refractivity contribution in [2.75, 3.05) is 24.4 Å². The maximum absolute atomic E-state index is 11.4. The van der Waals surface area contributed by atoms with E-state index in [1.165, 1.54) is 12.8 Å². The predicted molar refractivity (Wildman–Crippen MR) is 68.9 cm³/mol. The molecule has 4 nitrogen and oxygen atoms in total. The molecule has 0 heterocycles. The lowest BCUT2D eigenvalue weighted by Gasteiger charge is -2.30. The summed E-state index contributed by atoms with van der Waals surface area (Å²) in [5.41, 5.74) is 0. The van der Waals surface area contributed by atoms with E-state index in [-0.39, 0.29) is 0 Å². The summed E-state index contributed by atoms with van der Waals surface area (Å²) in [6, 6.07) is 0. The summed E-state index contributed by atoms with van der Waals surface area (Å²) in [5.74, 6) is 0.623. The zero-order valence-corrected chi connectivity index (χ0v) is 11.7. The van der Waals surface area contributed by atoms with Crippen molar-refractivity contribution in [3.63, 3.8) is 0 Å². The molecule has 1 aliphatic rings. The van der Waals surface area contributed by atoms with Gasteiger partial charge in [0, 0.05) is 18.7 Å². The smallest absolute Gasteiger partial charge is 0.235 e. The molecule has 2 atom stereocenters. The Bertz CT molecular complexity index is 356. The topological polar surface area (TPSA) is 63.2 Å². The van der Waals surface area contributed by atoms with Crippen LogP contribution in [-0.4, -0.2) is 38.8 Å². The summed E-state index contributed by atoms with van der Waals surface area (Å²) >= 11 is 5.89. The van der Waals surface area contributed by atoms with Crippen LogP contribution >= 0.6 is 11.6 Å². The van der Waals surface area contributed by atoms with Crippen molar-refractivity contribution in [3.05, 3.63) is 0 Å². The van der Waals surface area contributed by atoms with Crippen LogP contribution in [0.1, 0.15) is 25.7 Å². The van der Waals surface area contributed by atoms with Crippen LogP contribution in [-0.2, 0) is 14.6 Å². The Morgan fingerprint density at radius 2 is 1.88 bits per heavy atom. The minimum atomic E-state index is -3.23. The van der Waals surface area contributed by atoms with Crippen LogP contribution in [0, 0.1) is 11.8 Å². The Kier molecular flexibility index (Phi) is 5.73.